The van der Waals surface area contributed by atoms with Gasteiger partial charge in [0.25, 0.3) is 0 Å². The summed E-state index contributed by atoms with van der Waals surface area (Å²) in [5.74, 6) is 1.23. The van der Waals surface area contributed by atoms with E-state index in [2.05, 4.69) is 35.6 Å². The van der Waals surface area contributed by atoms with Crippen molar-refractivity contribution < 1.29 is 0 Å². The van der Waals surface area contributed by atoms with Crippen molar-refractivity contribution in [2.24, 2.45) is 0 Å². The van der Waals surface area contributed by atoms with Gasteiger partial charge >= 0.3 is 0 Å². The summed E-state index contributed by atoms with van der Waals surface area (Å²) in [6.07, 6.45) is 9.48. The molecule has 3 heteroatoms. The third-order valence-electron chi connectivity index (χ3n) is 2.58. The van der Waals surface area contributed by atoms with Gasteiger partial charge in [0.15, 0.2) is 0 Å². The molecule has 0 spiro atoms. The van der Waals surface area contributed by atoms with E-state index >= 15 is 0 Å². The highest BCUT2D eigenvalue weighted by atomic mass is 32.2. The van der Waals surface area contributed by atoms with E-state index in [-0.39, 0.29) is 0 Å². The lowest BCUT2D eigenvalue weighted by atomic mass is 10.1. The minimum absolute atomic E-state index is 0.606. The third-order valence-corrected chi connectivity index (χ3v) is 3.23. The quantitative estimate of drug-likeness (QED) is 0.754. The first kappa shape index (κ1) is 13.5. The number of thioether (sulfide) groups is 1. The number of hydrogen-bond acceptors (Lipinski definition) is 3. The average molecular weight is 238 g/mol. The summed E-state index contributed by atoms with van der Waals surface area (Å²) >= 11 is 1.92. The molecule has 0 radical (unpaired) electrons. The fourth-order valence-electron chi connectivity index (χ4n) is 1.69. The largest absolute Gasteiger partial charge is 0.314 e. The molecule has 0 aliphatic heterocycles. The Labute approximate surface area is 103 Å². The molecule has 1 N–H and O–H groups in total. The molecule has 0 aromatic carbocycles. The van der Waals surface area contributed by atoms with Crippen molar-refractivity contribution in [1.29, 1.82) is 0 Å². The molecule has 1 heterocycles. The summed E-state index contributed by atoms with van der Waals surface area (Å²) in [5, 5.41) is 3.62. The Bertz CT molecular complexity index is 256. The normalized spacial score (nSPS) is 12.6. The van der Waals surface area contributed by atoms with Gasteiger partial charge in [-0.25, -0.2) is 0 Å². The molecule has 1 rings (SSSR count). The van der Waals surface area contributed by atoms with Crippen LogP contribution in [0.5, 0.6) is 0 Å². The van der Waals surface area contributed by atoms with E-state index in [1.807, 2.05) is 24.2 Å². The molecule has 0 bridgehead atoms. The monoisotopic (exact) mass is 238 g/mol. The molecule has 16 heavy (non-hydrogen) atoms. The van der Waals surface area contributed by atoms with Crippen LogP contribution >= 0.6 is 11.8 Å². The molecule has 0 saturated carbocycles. The molecule has 1 unspecified atom stereocenters. The lowest BCUT2D eigenvalue weighted by molar-refractivity contribution is 0.497. The lowest BCUT2D eigenvalue weighted by Crippen LogP contribution is -2.32. The first-order chi connectivity index (χ1) is 7.86. The molecular formula is C13H22N2S. The summed E-state index contributed by atoms with van der Waals surface area (Å²) in [4.78, 5) is 4.05. The highest BCUT2D eigenvalue weighted by molar-refractivity contribution is 7.98. The van der Waals surface area contributed by atoms with Crippen LogP contribution in [0.1, 0.15) is 25.3 Å². The topological polar surface area (TPSA) is 24.9 Å². The fraction of sp³-hybridized carbons (Fsp3) is 0.615. The molecule has 1 aromatic rings. The van der Waals surface area contributed by atoms with Crippen LogP contribution in [0.3, 0.4) is 0 Å². The van der Waals surface area contributed by atoms with Crippen LogP contribution in [0.15, 0.2) is 24.5 Å². The molecule has 1 aromatic heterocycles. The number of pyridine rings is 1. The zero-order valence-electron chi connectivity index (χ0n) is 10.3. The highest BCUT2D eigenvalue weighted by Crippen LogP contribution is 2.07. The predicted molar refractivity (Wildman–Crippen MR) is 73.0 cm³/mol. The Hall–Kier alpha value is -0.540. The van der Waals surface area contributed by atoms with Gasteiger partial charge in [-0.3, -0.25) is 4.98 Å². The van der Waals surface area contributed by atoms with Crippen LogP contribution in [-0.2, 0) is 6.42 Å². The molecule has 0 fully saturated rings. The van der Waals surface area contributed by atoms with E-state index < -0.39 is 0 Å². The van der Waals surface area contributed by atoms with Crippen LogP contribution in [0.25, 0.3) is 0 Å². The standard InChI is InChI=1S/C13H22N2S/c1-3-7-15-13(6-10-16-2)11-12-4-8-14-9-5-12/h4-5,8-9,13,15H,3,6-7,10-11H2,1-2H3. The molecule has 1 atom stereocenters. The van der Waals surface area contributed by atoms with Crippen LogP contribution in [-0.4, -0.2) is 29.6 Å². The van der Waals surface area contributed by atoms with Gasteiger partial charge in [-0.05, 0) is 55.5 Å². The Kier molecular flexibility index (Phi) is 7.26. The van der Waals surface area contributed by atoms with Crippen LogP contribution in [0, 0.1) is 0 Å². The van der Waals surface area contributed by atoms with E-state index in [4.69, 9.17) is 0 Å². The average Bonchev–Trinajstić information content (AvgIpc) is 2.34. The number of nitrogens with one attached hydrogen (secondary N) is 1. The summed E-state index contributed by atoms with van der Waals surface area (Å²) < 4.78 is 0. The van der Waals surface area contributed by atoms with Gasteiger partial charge in [0.1, 0.15) is 0 Å². The van der Waals surface area contributed by atoms with Crippen molar-refractivity contribution >= 4 is 11.8 Å². The number of rotatable bonds is 8. The fourth-order valence-corrected chi connectivity index (χ4v) is 2.21. The van der Waals surface area contributed by atoms with Crippen LogP contribution in [0.2, 0.25) is 0 Å². The van der Waals surface area contributed by atoms with Gasteiger partial charge in [-0.15, -0.1) is 0 Å². The van der Waals surface area contributed by atoms with E-state index in [0.717, 1.165) is 13.0 Å². The SMILES string of the molecule is CCCNC(CCSC)Cc1ccncc1. The smallest absolute Gasteiger partial charge is 0.0270 e. The maximum absolute atomic E-state index is 4.05. The minimum atomic E-state index is 0.606. The van der Waals surface area contributed by atoms with Crippen molar-refractivity contribution in [3.05, 3.63) is 30.1 Å². The zero-order chi connectivity index (χ0) is 11.6. The maximum atomic E-state index is 4.05. The highest BCUT2D eigenvalue weighted by Gasteiger charge is 2.07. The summed E-state index contributed by atoms with van der Waals surface area (Å²) in [7, 11) is 0. The zero-order valence-corrected chi connectivity index (χ0v) is 11.1. The molecule has 0 aliphatic rings. The molecule has 0 amide bonds. The van der Waals surface area contributed by atoms with Gasteiger partial charge < -0.3 is 5.32 Å². The van der Waals surface area contributed by atoms with E-state index in [1.54, 1.807) is 0 Å². The molecule has 0 saturated heterocycles. The lowest BCUT2D eigenvalue weighted by Gasteiger charge is -2.18. The second kappa shape index (κ2) is 8.59. The molecular weight excluding hydrogens is 216 g/mol. The van der Waals surface area contributed by atoms with Crippen LogP contribution in [0.4, 0.5) is 0 Å². The Morgan fingerprint density at radius 3 is 2.75 bits per heavy atom. The van der Waals surface area contributed by atoms with Gasteiger partial charge in [0, 0.05) is 18.4 Å². The van der Waals surface area contributed by atoms with Gasteiger partial charge in [0.2, 0.25) is 0 Å². The maximum Gasteiger partial charge on any atom is 0.0270 e. The Morgan fingerprint density at radius 1 is 1.38 bits per heavy atom. The van der Waals surface area contributed by atoms with Crippen molar-refractivity contribution in [3.63, 3.8) is 0 Å². The van der Waals surface area contributed by atoms with E-state index in [0.29, 0.717) is 6.04 Å². The Balaban J connectivity index is 2.42. The first-order valence-corrected chi connectivity index (χ1v) is 7.37. The van der Waals surface area contributed by atoms with Gasteiger partial charge in [-0.2, -0.15) is 11.8 Å². The predicted octanol–water partition coefficient (Wildman–Crippen LogP) is 2.75. The van der Waals surface area contributed by atoms with Crippen LogP contribution < -0.4 is 5.32 Å². The van der Waals surface area contributed by atoms with Crippen molar-refractivity contribution in [2.45, 2.75) is 32.2 Å². The molecule has 0 aliphatic carbocycles. The number of hydrogen-bond donors (Lipinski definition) is 1. The third kappa shape index (κ3) is 5.52. The van der Waals surface area contributed by atoms with Crippen molar-refractivity contribution in [2.75, 3.05) is 18.6 Å². The van der Waals surface area contributed by atoms with E-state index in [9.17, 15) is 0 Å². The first-order valence-electron chi connectivity index (χ1n) is 5.98. The van der Waals surface area contributed by atoms with Crippen molar-refractivity contribution in [3.8, 4) is 0 Å². The second-order valence-electron chi connectivity index (χ2n) is 3.99. The summed E-state index contributed by atoms with van der Waals surface area (Å²) in [6.45, 7) is 3.33. The Morgan fingerprint density at radius 2 is 2.12 bits per heavy atom. The van der Waals surface area contributed by atoms with E-state index in [1.165, 1.54) is 24.2 Å². The van der Waals surface area contributed by atoms with Gasteiger partial charge in [0.05, 0.1) is 0 Å². The number of aromatic nitrogens is 1. The van der Waals surface area contributed by atoms with Crippen molar-refractivity contribution in [1.82, 2.24) is 10.3 Å². The molecule has 2 nitrogen and oxygen atoms in total. The summed E-state index contributed by atoms with van der Waals surface area (Å²) in [5.41, 5.74) is 1.38. The molecule has 90 valence electrons. The number of nitrogens with zero attached hydrogens (tertiary/aromatic N) is 1. The second-order valence-corrected chi connectivity index (χ2v) is 4.98. The summed E-state index contributed by atoms with van der Waals surface area (Å²) in [6, 6.07) is 4.83. The van der Waals surface area contributed by atoms with Gasteiger partial charge in [-0.1, -0.05) is 6.92 Å². The minimum Gasteiger partial charge on any atom is -0.314 e.